The Hall–Kier alpha value is -1.57. The maximum absolute atomic E-state index is 11.3. The lowest BCUT2D eigenvalue weighted by Crippen LogP contribution is -2.07. The molecule has 2 rings (SSSR count). The molecule has 0 N–H and O–H groups in total. The van der Waals surface area contributed by atoms with Crippen molar-refractivity contribution >= 4 is 5.97 Å². The summed E-state index contributed by atoms with van der Waals surface area (Å²) in [5.74, 6) is 0.570. The number of carbonyl (C=O) groups excluding carboxylic acids is 1. The zero-order chi connectivity index (χ0) is 13.5. The van der Waals surface area contributed by atoms with E-state index in [2.05, 4.69) is 36.4 Å². The molecule has 1 aliphatic rings. The topological polar surface area (TPSA) is 26.3 Å². The lowest BCUT2D eigenvalue weighted by molar-refractivity contribution is -0.143. The normalized spacial score (nSPS) is 18.8. The minimum Gasteiger partial charge on any atom is -0.466 e. The number of hydrogen-bond donors (Lipinski definition) is 0. The highest BCUT2D eigenvalue weighted by Crippen LogP contribution is 2.33. The standard InChI is InChI=1S/C17H22O2/c1-2-19-17(18)13-10-14-8-11-16(12-9-14)15-6-4-3-5-7-15/h3-8,16H,2,9-13H2,1H3. The van der Waals surface area contributed by atoms with E-state index in [9.17, 15) is 4.79 Å². The SMILES string of the molecule is CCOC(=O)CCC1=CCC(c2ccccc2)CC1. The molecule has 0 amide bonds. The summed E-state index contributed by atoms with van der Waals surface area (Å²) < 4.78 is 4.96. The van der Waals surface area contributed by atoms with Crippen LogP contribution in [0.25, 0.3) is 0 Å². The molecule has 0 saturated heterocycles. The fraction of sp³-hybridized carbons (Fsp3) is 0.471. The van der Waals surface area contributed by atoms with Gasteiger partial charge in [-0.05, 0) is 44.1 Å². The van der Waals surface area contributed by atoms with Crippen molar-refractivity contribution in [3.05, 3.63) is 47.5 Å². The Bertz CT molecular complexity index is 434. The third-order valence-electron chi connectivity index (χ3n) is 3.73. The van der Waals surface area contributed by atoms with Crippen LogP contribution in [-0.4, -0.2) is 12.6 Å². The van der Waals surface area contributed by atoms with Crippen molar-refractivity contribution in [1.82, 2.24) is 0 Å². The van der Waals surface area contributed by atoms with Crippen LogP contribution in [-0.2, 0) is 9.53 Å². The van der Waals surface area contributed by atoms with Crippen molar-refractivity contribution in [2.45, 2.75) is 44.9 Å². The molecule has 0 saturated carbocycles. The van der Waals surface area contributed by atoms with E-state index >= 15 is 0 Å². The first-order chi connectivity index (χ1) is 9.29. The summed E-state index contributed by atoms with van der Waals surface area (Å²) in [5, 5.41) is 0. The molecule has 1 atom stereocenters. The number of allylic oxidation sites excluding steroid dienone is 2. The Kier molecular flexibility index (Phi) is 5.20. The van der Waals surface area contributed by atoms with Crippen LogP contribution in [0.1, 0.15) is 50.5 Å². The Morgan fingerprint density at radius 1 is 1.32 bits per heavy atom. The van der Waals surface area contributed by atoms with Crippen LogP contribution < -0.4 is 0 Å². The Morgan fingerprint density at radius 3 is 2.74 bits per heavy atom. The van der Waals surface area contributed by atoms with Crippen LogP contribution in [0.2, 0.25) is 0 Å². The van der Waals surface area contributed by atoms with Gasteiger partial charge >= 0.3 is 5.97 Å². The number of hydrogen-bond acceptors (Lipinski definition) is 2. The van der Waals surface area contributed by atoms with Gasteiger partial charge in [-0.25, -0.2) is 0 Å². The molecule has 1 aromatic rings. The van der Waals surface area contributed by atoms with Crippen LogP contribution in [0.4, 0.5) is 0 Å². The second-order valence-corrected chi connectivity index (χ2v) is 5.05. The summed E-state index contributed by atoms with van der Waals surface area (Å²) in [6.07, 6.45) is 7.11. The highest BCUT2D eigenvalue weighted by molar-refractivity contribution is 5.69. The first kappa shape index (κ1) is 13.9. The second-order valence-electron chi connectivity index (χ2n) is 5.05. The Balaban J connectivity index is 1.82. The van der Waals surface area contributed by atoms with Crippen LogP contribution in [0.5, 0.6) is 0 Å². The van der Waals surface area contributed by atoms with Crippen molar-refractivity contribution < 1.29 is 9.53 Å². The largest absolute Gasteiger partial charge is 0.466 e. The molecule has 0 fully saturated rings. The molecular weight excluding hydrogens is 236 g/mol. The minimum absolute atomic E-state index is 0.0754. The van der Waals surface area contributed by atoms with Gasteiger partial charge in [-0.2, -0.15) is 0 Å². The molecule has 0 aromatic heterocycles. The first-order valence-corrected chi connectivity index (χ1v) is 7.18. The third-order valence-corrected chi connectivity index (χ3v) is 3.73. The van der Waals surface area contributed by atoms with E-state index in [0.29, 0.717) is 18.9 Å². The summed E-state index contributed by atoms with van der Waals surface area (Å²) in [6, 6.07) is 10.7. The zero-order valence-corrected chi connectivity index (χ0v) is 11.6. The molecule has 1 aromatic carbocycles. The average Bonchev–Trinajstić information content (AvgIpc) is 2.47. The highest BCUT2D eigenvalue weighted by atomic mass is 16.5. The van der Waals surface area contributed by atoms with Gasteiger partial charge in [-0.15, -0.1) is 0 Å². The third kappa shape index (κ3) is 4.23. The van der Waals surface area contributed by atoms with Crippen LogP contribution in [0, 0.1) is 0 Å². The molecule has 0 bridgehead atoms. The molecule has 2 heteroatoms. The number of benzene rings is 1. The summed E-state index contributed by atoms with van der Waals surface area (Å²) in [6.45, 7) is 2.33. The van der Waals surface area contributed by atoms with Gasteiger partial charge in [0.1, 0.15) is 0 Å². The second kappa shape index (κ2) is 7.13. The van der Waals surface area contributed by atoms with Crippen molar-refractivity contribution in [2.24, 2.45) is 0 Å². The quantitative estimate of drug-likeness (QED) is 0.583. The van der Waals surface area contributed by atoms with Gasteiger partial charge in [0.05, 0.1) is 6.61 Å². The fourth-order valence-corrected chi connectivity index (χ4v) is 2.64. The number of carbonyl (C=O) groups is 1. The van der Waals surface area contributed by atoms with Crippen molar-refractivity contribution in [1.29, 1.82) is 0 Å². The predicted molar refractivity (Wildman–Crippen MR) is 77.0 cm³/mol. The number of ether oxygens (including phenoxy) is 1. The first-order valence-electron chi connectivity index (χ1n) is 7.18. The van der Waals surface area contributed by atoms with Gasteiger partial charge in [0.2, 0.25) is 0 Å². The molecule has 1 unspecified atom stereocenters. The van der Waals surface area contributed by atoms with Crippen molar-refractivity contribution in [2.75, 3.05) is 6.61 Å². The molecule has 19 heavy (non-hydrogen) atoms. The number of esters is 1. The van der Waals surface area contributed by atoms with Gasteiger partial charge in [-0.3, -0.25) is 4.79 Å². The monoisotopic (exact) mass is 258 g/mol. The van der Waals surface area contributed by atoms with E-state index in [4.69, 9.17) is 4.74 Å². The molecule has 0 radical (unpaired) electrons. The average molecular weight is 258 g/mol. The van der Waals surface area contributed by atoms with Gasteiger partial charge in [0, 0.05) is 6.42 Å². The number of rotatable bonds is 5. The summed E-state index contributed by atoms with van der Waals surface area (Å²) in [4.78, 5) is 11.3. The van der Waals surface area contributed by atoms with Gasteiger partial charge in [-0.1, -0.05) is 42.0 Å². The Morgan fingerprint density at radius 2 is 2.11 bits per heavy atom. The lowest BCUT2D eigenvalue weighted by atomic mass is 9.83. The van der Waals surface area contributed by atoms with Crippen LogP contribution in [0.3, 0.4) is 0 Å². The van der Waals surface area contributed by atoms with E-state index in [1.807, 2.05) is 6.92 Å². The van der Waals surface area contributed by atoms with Crippen LogP contribution >= 0.6 is 0 Å². The molecule has 0 aliphatic heterocycles. The predicted octanol–water partition coefficient (Wildman–Crippen LogP) is 4.22. The van der Waals surface area contributed by atoms with Gasteiger partial charge < -0.3 is 4.74 Å². The highest BCUT2D eigenvalue weighted by Gasteiger charge is 2.16. The van der Waals surface area contributed by atoms with E-state index in [1.54, 1.807) is 0 Å². The molecule has 1 aliphatic carbocycles. The molecule has 102 valence electrons. The zero-order valence-electron chi connectivity index (χ0n) is 11.6. The maximum Gasteiger partial charge on any atom is 0.306 e. The smallest absolute Gasteiger partial charge is 0.306 e. The van der Waals surface area contributed by atoms with E-state index in [-0.39, 0.29) is 5.97 Å². The summed E-state index contributed by atoms with van der Waals surface area (Å²) >= 11 is 0. The van der Waals surface area contributed by atoms with E-state index < -0.39 is 0 Å². The van der Waals surface area contributed by atoms with Crippen molar-refractivity contribution in [3.8, 4) is 0 Å². The fourth-order valence-electron chi connectivity index (χ4n) is 2.64. The molecule has 0 heterocycles. The Labute approximate surface area is 115 Å². The minimum atomic E-state index is -0.0754. The molecule has 2 nitrogen and oxygen atoms in total. The van der Waals surface area contributed by atoms with Crippen LogP contribution in [0.15, 0.2) is 42.0 Å². The van der Waals surface area contributed by atoms with Crippen molar-refractivity contribution in [3.63, 3.8) is 0 Å². The molecular formula is C17H22O2. The summed E-state index contributed by atoms with van der Waals surface area (Å²) in [7, 11) is 0. The summed E-state index contributed by atoms with van der Waals surface area (Å²) in [5.41, 5.74) is 2.85. The van der Waals surface area contributed by atoms with E-state index in [0.717, 1.165) is 19.3 Å². The maximum atomic E-state index is 11.3. The van der Waals surface area contributed by atoms with E-state index in [1.165, 1.54) is 17.6 Å². The molecule has 0 spiro atoms. The van der Waals surface area contributed by atoms with Gasteiger partial charge in [0.15, 0.2) is 0 Å². The lowest BCUT2D eigenvalue weighted by Gasteiger charge is -2.22. The van der Waals surface area contributed by atoms with Gasteiger partial charge in [0.25, 0.3) is 0 Å².